The first-order valence-electron chi connectivity index (χ1n) is 4.98. The van der Waals surface area contributed by atoms with Gasteiger partial charge in [0.2, 0.25) is 0 Å². The fraction of sp³-hybridized carbons (Fsp3) is 0.167. The zero-order valence-electron chi connectivity index (χ0n) is 8.96. The number of nitrogen functional groups attached to an aromatic ring is 1. The van der Waals surface area contributed by atoms with Crippen LogP contribution < -0.4 is 11.1 Å². The predicted molar refractivity (Wildman–Crippen MR) is 74.9 cm³/mol. The standard InChI is InChI=1S/C12H13BrN2S/c1-8-2-3-11(10(14)6-8)15-7-12-9(13)4-5-16-12/h2-6,15H,7,14H2,1H3. The van der Waals surface area contributed by atoms with Crippen LogP contribution in [0.4, 0.5) is 11.4 Å². The fourth-order valence-corrected chi connectivity index (χ4v) is 2.90. The molecule has 0 amide bonds. The van der Waals surface area contributed by atoms with Crippen molar-refractivity contribution in [3.05, 3.63) is 44.6 Å². The van der Waals surface area contributed by atoms with Crippen molar-refractivity contribution in [2.24, 2.45) is 0 Å². The maximum absolute atomic E-state index is 5.93. The molecule has 0 aliphatic rings. The van der Waals surface area contributed by atoms with Gasteiger partial charge in [0, 0.05) is 9.35 Å². The molecule has 0 bridgehead atoms. The van der Waals surface area contributed by atoms with E-state index >= 15 is 0 Å². The van der Waals surface area contributed by atoms with Crippen molar-refractivity contribution >= 4 is 38.6 Å². The Labute approximate surface area is 108 Å². The molecule has 1 heterocycles. The van der Waals surface area contributed by atoms with E-state index in [1.54, 1.807) is 11.3 Å². The van der Waals surface area contributed by atoms with E-state index in [1.807, 2.05) is 19.1 Å². The summed E-state index contributed by atoms with van der Waals surface area (Å²) in [5.74, 6) is 0. The summed E-state index contributed by atoms with van der Waals surface area (Å²) in [4.78, 5) is 1.28. The maximum Gasteiger partial charge on any atom is 0.0577 e. The third-order valence-electron chi connectivity index (χ3n) is 2.34. The predicted octanol–water partition coefficient (Wildman–Crippen LogP) is 4.01. The Balaban J connectivity index is 2.08. The number of nitrogens with two attached hydrogens (primary N) is 1. The van der Waals surface area contributed by atoms with E-state index in [0.717, 1.165) is 22.4 Å². The van der Waals surface area contributed by atoms with E-state index in [0.29, 0.717) is 0 Å². The van der Waals surface area contributed by atoms with Crippen LogP contribution in [-0.2, 0) is 6.54 Å². The van der Waals surface area contributed by atoms with Crippen LogP contribution >= 0.6 is 27.3 Å². The van der Waals surface area contributed by atoms with Gasteiger partial charge in [-0.05, 0) is 52.0 Å². The van der Waals surface area contributed by atoms with Crippen LogP contribution in [0.3, 0.4) is 0 Å². The number of nitrogens with one attached hydrogen (secondary N) is 1. The second-order valence-electron chi connectivity index (χ2n) is 3.64. The lowest BCUT2D eigenvalue weighted by atomic mass is 10.2. The van der Waals surface area contributed by atoms with Crippen molar-refractivity contribution in [3.8, 4) is 0 Å². The first-order chi connectivity index (χ1) is 7.66. The lowest BCUT2D eigenvalue weighted by Gasteiger charge is -2.09. The summed E-state index contributed by atoms with van der Waals surface area (Å²) in [6, 6.07) is 8.11. The van der Waals surface area contributed by atoms with E-state index in [1.165, 1.54) is 10.4 Å². The molecule has 0 aliphatic carbocycles. The van der Waals surface area contributed by atoms with Crippen LogP contribution in [0.25, 0.3) is 0 Å². The van der Waals surface area contributed by atoms with Gasteiger partial charge in [-0.15, -0.1) is 11.3 Å². The third kappa shape index (κ3) is 2.57. The minimum absolute atomic E-state index is 0.797. The summed E-state index contributed by atoms with van der Waals surface area (Å²) >= 11 is 5.24. The summed E-state index contributed by atoms with van der Waals surface area (Å²) in [5.41, 5.74) is 8.90. The SMILES string of the molecule is Cc1ccc(NCc2sccc2Br)c(N)c1. The van der Waals surface area contributed by atoms with Crippen LogP contribution in [0.1, 0.15) is 10.4 Å². The van der Waals surface area contributed by atoms with E-state index in [9.17, 15) is 0 Å². The van der Waals surface area contributed by atoms with E-state index in [2.05, 4.69) is 38.8 Å². The monoisotopic (exact) mass is 296 g/mol. The van der Waals surface area contributed by atoms with Crippen molar-refractivity contribution in [2.45, 2.75) is 13.5 Å². The molecule has 84 valence electrons. The number of hydrogen-bond donors (Lipinski definition) is 2. The summed E-state index contributed by atoms with van der Waals surface area (Å²) < 4.78 is 1.15. The number of aryl methyl sites for hydroxylation is 1. The molecule has 2 nitrogen and oxygen atoms in total. The van der Waals surface area contributed by atoms with Gasteiger partial charge in [-0.2, -0.15) is 0 Å². The number of halogens is 1. The van der Waals surface area contributed by atoms with Crippen molar-refractivity contribution < 1.29 is 0 Å². The number of rotatable bonds is 3. The van der Waals surface area contributed by atoms with Crippen LogP contribution in [-0.4, -0.2) is 0 Å². The largest absolute Gasteiger partial charge is 0.397 e. The van der Waals surface area contributed by atoms with Crippen LogP contribution in [0, 0.1) is 6.92 Å². The number of thiophene rings is 1. The molecule has 3 N–H and O–H groups in total. The number of benzene rings is 1. The Kier molecular flexibility index (Phi) is 3.51. The lowest BCUT2D eigenvalue weighted by Crippen LogP contribution is -2.01. The normalized spacial score (nSPS) is 10.4. The molecule has 0 saturated heterocycles. The van der Waals surface area contributed by atoms with Crippen molar-refractivity contribution in [2.75, 3.05) is 11.1 Å². The number of anilines is 2. The van der Waals surface area contributed by atoms with Gasteiger partial charge in [-0.1, -0.05) is 6.07 Å². The van der Waals surface area contributed by atoms with Crippen molar-refractivity contribution in [1.29, 1.82) is 0 Å². The van der Waals surface area contributed by atoms with Gasteiger partial charge in [0.25, 0.3) is 0 Å². The Morgan fingerprint density at radius 3 is 2.81 bits per heavy atom. The van der Waals surface area contributed by atoms with Crippen molar-refractivity contribution in [1.82, 2.24) is 0 Å². The fourth-order valence-electron chi connectivity index (χ4n) is 1.47. The lowest BCUT2D eigenvalue weighted by molar-refractivity contribution is 1.18. The number of hydrogen-bond acceptors (Lipinski definition) is 3. The molecule has 0 radical (unpaired) electrons. The summed E-state index contributed by atoms with van der Waals surface area (Å²) in [5, 5.41) is 5.41. The molecular weight excluding hydrogens is 284 g/mol. The van der Waals surface area contributed by atoms with Gasteiger partial charge in [0.1, 0.15) is 0 Å². The third-order valence-corrected chi connectivity index (χ3v) is 4.26. The molecule has 4 heteroatoms. The molecule has 1 aromatic carbocycles. The van der Waals surface area contributed by atoms with Crippen LogP contribution in [0.5, 0.6) is 0 Å². The highest BCUT2D eigenvalue weighted by molar-refractivity contribution is 9.10. The summed E-state index contributed by atoms with van der Waals surface area (Å²) in [7, 11) is 0. The average Bonchev–Trinajstić information content (AvgIpc) is 2.63. The van der Waals surface area contributed by atoms with E-state index < -0.39 is 0 Å². The zero-order chi connectivity index (χ0) is 11.5. The molecule has 0 fully saturated rings. The van der Waals surface area contributed by atoms with E-state index in [4.69, 9.17) is 5.73 Å². The summed E-state index contributed by atoms with van der Waals surface area (Å²) in [6.07, 6.45) is 0. The molecule has 0 aliphatic heterocycles. The smallest absolute Gasteiger partial charge is 0.0577 e. The Morgan fingerprint density at radius 2 is 2.19 bits per heavy atom. The molecule has 0 unspecified atom stereocenters. The highest BCUT2D eigenvalue weighted by Gasteiger charge is 2.02. The Hall–Kier alpha value is -1.00. The highest BCUT2D eigenvalue weighted by Crippen LogP contribution is 2.25. The van der Waals surface area contributed by atoms with Crippen LogP contribution in [0.2, 0.25) is 0 Å². The average molecular weight is 297 g/mol. The van der Waals surface area contributed by atoms with Gasteiger partial charge in [-0.3, -0.25) is 0 Å². The van der Waals surface area contributed by atoms with Gasteiger partial charge < -0.3 is 11.1 Å². The highest BCUT2D eigenvalue weighted by atomic mass is 79.9. The Morgan fingerprint density at radius 1 is 1.38 bits per heavy atom. The van der Waals surface area contributed by atoms with Gasteiger partial charge >= 0.3 is 0 Å². The quantitative estimate of drug-likeness (QED) is 0.840. The molecule has 0 spiro atoms. The molecule has 0 atom stereocenters. The topological polar surface area (TPSA) is 38.0 Å². The van der Waals surface area contributed by atoms with Gasteiger partial charge in [0.05, 0.1) is 17.9 Å². The molecule has 2 aromatic rings. The molecule has 1 aromatic heterocycles. The van der Waals surface area contributed by atoms with Gasteiger partial charge in [-0.25, -0.2) is 0 Å². The first-order valence-corrected chi connectivity index (χ1v) is 6.66. The van der Waals surface area contributed by atoms with E-state index in [-0.39, 0.29) is 0 Å². The van der Waals surface area contributed by atoms with Crippen molar-refractivity contribution in [3.63, 3.8) is 0 Å². The Bertz CT molecular complexity index is 494. The summed E-state index contributed by atoms with van der Waals surface area (Å²) in [6.45, 7) is 2.83. The zero-order valence-corrected chi connectivity index (χ0v) is 11.4. The molecule has 2 rings (SSSR count). The van der Waals surface area contributed by atoms with Crippen LogP contribution in [0.15, 0.2) is 34.1 Å². The first kappa shape index (κ1) is 11.5. The minimum Gasteiger partial charge on any atom is -0.397 e. The maximum atomic E-state index is 5.93. The minimum atomic E-state index is 0.797. The second kappa shape index (κ2) is 4.89. The van der Waals surface area contributed by atoms with Gasteiger partial charge in [0.15, 0.2) is 0 Å². The molecule has 0 saturated carbocycles. The second-order valence-corrected chi connectivity index (χ2v) is 5.49. The molecule has 16 heavy (non-hydrogen) atoms. The molecular formula is C12H13BrN2S.